The number of hydrogen-bond donors (Lipinski definition) is 2. The Morgan fingerprint density at radius 1 is 1.12 bits per heavy atom. The summed E-state index contributed by atoms with van der Waals surface area (Å²) in [7, 11) is 3.21. The molecule has 2 aromatic rings. The molecular weight excluding hydrogens is 408 g/mol. The average molecular weight is 441 g/mol. The molecule has 8 nitrogen and oxygen atoms in total. The molecule has 1 aliphatic heterocycles. The first kappa shape index (κ1) is 23.5. The summed E-state index contributed by atoms with van der Waals surface area (Å²) in [5.74, 6) is 1.87. The van der Waals surface area contributed by atoms with Gasteiger partial charge in [-0.05, 0) is 69.1 Å². The third kappa shape index (κ3) is 6.20. The number of nitrogens with zero attached hydrogens (tertiary/aromatic N) is 2. The van der Waals surface area contributed by atoms with E-state index in [1.807, 2.05) is 37.3 Å². The second kappa shape index (κ2) is 11.5. The smallest absolute Gasteiger partial charge is 0.237 e. The Labute approximate surface area is 189 Å². The highest BCUT2D eigenvalue weighted by atomic mass is 16.5. The van der Waals surface area contributed by atoms with Gasteiger partial charge in [0.2, 0.25) is 11.8 Å². The number of pyridine rings is 1. The van der Waals surface area contributed by atoms with Crippen molar-refractivity contribution in [1.82, 2.24) is 15.2 Å². The van der Waals surface area contributed by atoms with E-state index in [-0.39, 0.29) is 23.8 Å². The van der Waals surface area contributed by atoms with Crippen LogP contribution in [0.4, 0.5) is 5.82 Å². The predicted molar refractivity (Wildman–Crippen MR) is 123 cm³/mol. The Hall–Kier alpha value is -3.13. The molecule has 3 rings (SSSR count). The van der Waals surface area contributed by atoms with Gasteiger partial charge < -0.3 is 20.1 Å². The molecule has 0 saturated carbocycles. The van der Waals surface area contributed by atoms with Gasteiger partial charge in [-0.15, -0.1) is 0 Å². The number of likely N-dealkylation sites (tertiary alicyclic amines) is 1. The minimum Gasteiger partial charge on any atom is -0.493 e. The van der Waals surface area contributed by atoms with Crippen molar-refractivity contribution in [2.24, 2.45) is 5.92 Å². The predicted octanol–water partition coefficient (Wildman–Crippen LogP) is 2.50. The highest BCUT2D eigenvalue weighted by Crippen LogP contribution is 2.27. The van der Waals surface area contributed by atoms with Gasteiger partial charge in [-0.2, -0.15) is 0 Å². The van der Waals surface area contributed by atoms with E-state index in [1.165, 1.54) is 0 Å². The second-order valence-corrected chi connectivity index (χ2v) is 7.92. The number of methoxy groups -OCH3 is 2. The van der Waals surface area contributed by atoms with Crippen LogP contribution in [0, 0.1) is 5.92 Å². The van der Waals surface area contributed by atoms with E-state index in [4.69, 9.17) is 9.47 Å². The Morgan fingerprint density at radius 3 is 2.53 bits per heavy atom. The Bertz CT molecular complexity index is 898. The van der Waals surface area contributed by atoms with Crippen molar-refractivity contribution in [2.45, 2.75) is 32.2 Å². The lowest BCUT2D eigenvalue weighted by atomic mass is 9.95. The molecule has 1 atom stereocenters. The van der Waals surface area contributed by atoms with Crippen LogP contribution in [0.15, 0.2) is 42.6 Å². The average Bonchev–Trinajstić information content (AvgIpc) is 2.84. The van der Waals surface area contributed by atoms with Crippen LogP contribution in [0.5, 0.6) is 11.5 Å². The molecular formula is C24H32N4O4. The van der Waals surface area contributed by atoms with E-state index in [1.54, 1.807) is 26.5 Å². The van der Waals surface area contributed by atoms with Crippen LogP contribution in [-0.2, 0) is 16.0 Å². The van der Waals surface area contributed by atoms with Crippen molar-refractivity contribution in [3.8, 4) is 11.5 Å². The number of carbonyl (C=O) groups excluding carboxylic acids is 2. The van der Waals surface area contributed by atoms with Gasteiger partial charge >= 0.3 is 0 Å². The summed E-state index contributed by atoms with van der Waals surface area (Å²) >= 11 is 0. The molecule has 8 heteroatoms. The zero-order valence-electron chi connectivity index (χ0n) is 19.0. The third-order valence-corrected chi connectivity index (χ3v) is 5.90. The minimum atomic E-state index is -0.236. The lowest BCUT2D eigenvalue weighted by Crippen LogP contribution is -2.49. The van der Waals surface area contributed by atoms with Gasteiger partial charge in [-0.25, -0.2) is 4.98 Å². The molecule has 2 heterocycles. The Morgan fingerprint density at radius 2 is 1.88 bits per heavy atom. The molecule has 0 radical (unpaired) electrons. The van der Waals surface area contributed by atoms with Gasteiger partial charge in [0, 0.05) is 18.7 Å². The van der Waals surface area contributed by atoms with E-state index < -0.39 is 0 Å². The SMILES string of the molecule is COc1ccc(CCNC(=O)C(C)N2CCC(C(=O)Nc3ccccn3)CC2)cc1OC. The van der Waals surface area contributed by atoms with Crippen LogP contribution in [-0.4, -0.2) is 61.6 Å². The normalized spacial score (nSPS) is 15.6. The summed E-state index contributed by atoms with van der Waals surface area (Å²) in [4.78, 5) is 31.4. The van der Waals surface area contributed by atoms with Crippen LogP contribution in [0.25, 0.3) is 0 Å². The van der Waals surface area contributed by atoms with E-state index in [0.29, 0.717) is 43.4 Å². The number of anilines is 1. The van der Waals surface area contributed by atoms with E-state index in [0.717, 1.165) is 18.4 Å². The maximum Gasteiger partial charge on any atom is 0.237 e. The summed E-state index contributed by atoms with van der Waals surface area (Å²) in [5, 5.41) is 5.89. The third-order valence-electron chi connectivity index (χ3n) is 5.90. The summed E-state index contributed by atoms with van der Waals surface area (Å²) in [6.07, 6.45) is 3.81. The number of rotatable bonds is 9. The van der Waals surface area contributed by atoms with Gasteiger partial charge in [0.05, 0.1) is 20.3 Å². The molecule has 32 heavy (non-hydrogen) atoms. The summed E-state index contributed by atoms with van der Waals surface area (Å²) in [6.45, 7) is 3.89. The largest absolute Gasteiger partial charge is 0.493 e. The van der Waals surface area contributed by atoms with Crippen molar-refractivity contribution < 1.29 is 19.1 Å². The molecule has 172 valence electrons. The molecule has 1 aromatic heterocycles. The molecule has 2 amide bonds. The maximum absolute atomic E-state index is 12.6. The number of benzene rings is 1. The van der Waals surface area contributed by atoms with Gasteiger partial charge in [-0.3, -0.25) is 14.5 Å². The second-order valence-electron chi connectivity index (χ2n) is 7.92. The van der Waals surface area contributed by atoms with Crippen molar-refractivity contribution in [1.29, 1.82) is 0 Å². The monoisotopic (exact) mass is 440 g/mol. The fourth-order valence-electron chi connectivity index (χ4n) is 3.89. The number of aromatic nitrogens is 1. The van der Waals surface area contributed by atoms with E-state index in [9.17, 15) is 9.59 Å². The van der Waals surface area contributed by atoms with Crippen molar-refractivity contribution in [3.63, 3.8) is 0 Å². The topological polar surface area (TPSA) is 92.8 Å². The Balaban J connectivity index is 1.41. The quantitative estimate of drug-likeness (QED) is 0.622. The molecule has 0 spiro atoms. The first-order valence-electron chi connectivity index (χ1n) is 11.0. The highest BCUT2D eigenvalue weighted by molar-refractivity contribution is 5.91. The van der Waals surface area contributed by atoms with E-state index in [2.05, 4.69) is 20.5 Å². The van der Waals surface area contributed by atoms with Crippen LogP contribution in [0.3, 0.4) is 0 Å². The Kier molecular flexibility index (Phi) is 8.44. The van der Waals surface area contributed by atoms with Crippen LogP contribution < -0.4 is 20.1 Å². The summed E-state index contributed by atoms with van der Waals surface area (Å²) in [5.41, 5.74) is 1.07. The zero-order chi connectivity index (χ0) is 22.9. The molecule has 1 fully saturated rings. The van der Waals surface area contributed by atoms with Gasteiger partial charge in [0.15, 0.2) is 11.5 Å². The number of ether oxygens (including phenoxy) is 2. The lowest BCUT2D eigenvalue weighted by molar-refractivity contribution is -0.127. The standard InChI is InChI=1S/C24H32N4O4/c1-17(23(29)26-13-9-18-7-8-20(31-2)21(16-18)32-3)28-14-10-19(11-15-28)24(30)27-22-6-4-5-12-25-22/h4-8,12,16-17,19H,9-11,13-15H2,1-3H3,(H,26,29)(H,25,27,30). The van der Waals surface area contributed by atoms with Crippen molar-refractivity contribution in [3.05, 3.63) is 48.2 Å². The van der Waals surface area contributed by atoms with Crippen molar-refractivity contribution in [2.75, 3.05) is 39.2 Å². The van der Waals surface area contributed by atoms with E-state index >= 15 is 0 Å². The van der Waals surface area contributed by atoms with Crippen LogP contribution in [0.2, 0.25) is 0 Å². The molecule has 0 aliphatic carbocycles. The molecule has 1 aromatic carbocycles. The molecule has 1 unspecified atom stereocenters. The van der Waals surface area contributed by atoms with Gasteiger partial charge in [0.25, 0.3) is 0 Å². The summed E-state index contributed by atoms with van der Waals surface area (Å²) < 4.78 is 10.6. The molecule has 0 bridgehead atoms. The number of hydrogen-bond acceptors (Lipinski definition) is 6. The summed E-state index contributed by atoms with van der Waals surface area (Å²) in [6, 6.07) is 11.0. The fourth-order valence-corrected chi connectivity index (χ4v) is 3.89. The molecule has 2 N–H and O–H groups in total. The highest BCUT2D eigenvalue weighted by Gasteiger charge is 2.29. The first-order valence-corrected chi connectivity index (χ1v) is 11.0. The van der Waals surface area contributed by atoms with Crippen LogP contribution in [0.1, 0.15) is 25.3 Å². The fraction of sp³-hybridized carbons (Fsp3) is 0.458. The molecule has 1 aliphatic rings. The number of piperidine rings is 1. The van der Waals surface area contributed by atoms with Crippen molar-refractivity contribution >= 4 is 17.6 Å². The first-order chi connectivity index (χ1) is 15.5. The molecule has 1 saturated heterocycles. The lowest BCUT2D eigenvalue weighted by Gasteiger charge is -2.34. The minimum absolute atomic E-state index is 0.00173. The zero-order valence-corrected chi connectivity index (χ0v) is 19.0. The van der Waals surface area contributed by atoms with Gasteiger partial charge in [-0.1, -0.05) is 12.1 Å². The maximum atomic E-state index is 12.6. The van der Waals surface area contributed by atoms with Crippen LogP contribution >= 0.6 is 0 Å². The van der Waals surface area contributed by atoms with Gasteiger partial charge in [0.1, 0.15) is 5.82 Å². The number of nitrogens with one attached hydrogen (secondary N) is 2. The number of carbonyl (C=O) groups is 2. The number of amides is 2.